The Morgan fingerprint density at radius 2 is 1.16 bits per heavy atom. The van der Waals surface area contributed by atoms with Crippen LogP contribution < -0.4 is 0 Å². The van der Waals surface area contributed by atoms with E-state index in [1.54, 1.807) is 24.3 Å². The number of aryl methyl sites for hydroxylation is 4. The Kier molecular flexibility index (Phi) is 6.51. The number of hydrogen-bond acceptors (Lipinski definition) is 3. The molecule has 0 radical (unpaired) electrons. The average molecular weight is 338 g/mol. The molecule has 0 atom stereocenters. The first kappa shape index (κ1) is 18.9. The predicted molar refractivity (Wildman–Crippen MR) is 100 cm³/mol. The smallest absolute Gasteiger partial charge is 0.346 e. The first-order valence-electron chi connectivity index (χ1n) is 8.91. The third-order valence-electron chi connectivity index (χ3n) is 4.38. The summed E-state index contributed by atoms with van der Waals surface area (Å²) in [6.45, 7) is 8.18. The Morgan fingerprint density at radius 3 is 1.48 bits per heavy atom. The van der Waals surface area contributed by atoms with E-state index in [0.717, 1.165) is 36.8 Å². The lowest BCUT2D eigenvalue weighted by Crippen LogP contribution is -2.13. The minimum atomic E-state index is -0.605. The van der Waals surface area contributed by atoms with E-state index in [1.165, 1.54) is 11.1 Å². The van der Waals surface area contributed by atoms with Crippen molar-refractivity contribution >= 4 is 11.9 Å². The quantitative estimate of drug-likeness (QED) is 0.537. The summed E-state index contributed by atoms with van der Waals surface area (Å²) >= 11 is 0. The third kappa shape index (κ3) is 4.79. The molecule has 0 aromatic heterocycles. The molecule has 0 unspecified atom stereocenters. The fourth-order valence-electron chi connectivity index (χ4n) is 2.95. The number of carbonyl (C=O) groups is 2. The second-order valence-corrected chi connectivity index (χ2v) is 6.46. The van der Waals surface area contributed by atoms with Gasteiger partial charge >= 0.3 is 11.9 Å². The van der Waals surface area contributed by atoms with Crippen LogP contribution in [0.4, 0.5) is 0 Å². The summed E-state index contributed by atoms with van der Waals surface area (Å²) in [6, 6.07) is 10.9. The highest BCUT2D eigenvalue weighted by Crippen LogP contribution is 2.17. The maximum atomic E-state index is 12.3. The van der Waals surface area contributed by atoms with Crippen LogP contribution >= 0.6 is 0 Å². The summed E-state index contributed by atoms with van der Waals surface area (Å²) in [6.07, 6.45) is 4.06. The SMILES string of the molecule is CCCc1ccc(C(=O)OC(=O)c2ccc(CCC)c(C)c2)cc1C. The van der Waals surface area contributed by atoms with Gasteiger partial charge in [-0.25, -0.2) is 9.59 Å². The van der Waals surface area contributed by atoms with Crippen LogP contribution in [0.3, 0.4) is 0 Å². The molecule has 0 saturated carbocycles. The average Bonchev–Trinajstić information content (AvgIpc) is 2.58. The fraction of sp³-hybridized carbons (Fsp3) is 0.364. The Bertz CT molecular complexity index is 709. The van der Waals surface area contributed by atoms with Gasteiger partial charge < -0.3 is 4.74 Å². The monoisotopic (exact) mass is 338 g/mol. The molecule has 0 spiro atoms. The minimum Gasteiger partial charge on any atom is -0.386 e. The van der Waals surface area contributed by atoms with Gasteiger partial charge in [0.05, 0.1) is 11.1 Å². The molecule has 3 heteroatoms. The maximum Gasteiger partial charge on any atom is 0.346 e. The Labute approximate surface area is 150 Å². The van der Waals surface area contributed by atoms with Crippen molar-refractivity contribution in [2.24, 2.45) is 0 Å². The van der Waals surface area contributed by atoms with E-state index in [9.17, 15) is 9.59 Å². The van der Waals surface area contributed by atoms with Crippen molar-refractivity contribution in [3.8, 4) is 0 Å². The first-order chi connectivity index (χ1) is 12.0. The van der Waals surface area contributed by atoms with Crippen LogP contribution in [0.5, 0.6) is 0 Å². The van der Waals surface area contributed by atoms with E-state index in [4.69, 9.17) is 4.74 Å². The van der Waals surface area contributed by atoms with Gasteiger partial charge in [-0.1, -0.05) is 38.8 Å². The van der Waals surface area contributed by atoms with Crippen molar-refractivity contribution in [1.82, 2.24) is 0 Å². The summed E-state index contributed by atoms with van der Waals surface area (Å²) in [4.78, 5) is 24.5. The molecule has 0 aliphatic heterocycles. The predicted octanol–water partition coefficient (Wildman–Crippen LogP) is 5.21. The zero-order valence-electron chi connectivity index (χ0n) is 15.5. The van der Waals surface area contributed by atoms with Gasteiger partial charge in [0.25, 0.3) is 0 Å². The molecule has 0 aliphatic carbocycles. The van der Waals surface area contributed by atoms with Crippen molar-refractivity contribution in [1.29, 1.82) is 0 Å². The van der Waals surface area contributed by atoms with Gasteiger partial charge in [0, 0.05) is 0 Å². The third-order valence-corrected chi connectivity index (χ3v) is 4.38. The second kappa shape index (κ2) is 8.61. The lowest BCUT2D eigenvalue weighted by atomic mass is 10.0. The van der Waals surface area contributed by atoms with Crippen molar-refractivity contribution in [2.45, 2.75) is 53.4 Å². The van der Waals surface area contributed by atoms with Gasteiger partial charge in [0.1, 0.15) is 0 Å². The molecule has 0 aliphatic rings. The molecule has 2 aromatic carbocycles. The number of hydrogen-bond donors (Lipinski definition) is 0. The molecular formula is C22H26O3. The van der Waals surface area contributed by atoms with Crippen LogP contribution in [0.2, 0.25) is 0 Å². The number of ether oxygens (including phenoxy) is 1. The molecule has 25 heavy (non-hydrogen) atoms. The molecule has 0 fully saturated rings. The molecule has 0 bridgehead atoms. The highest BCUT2D eigenvalue weighted by atomic mass is 16.6. The van der Waals surface area contributed by atoms with Gasteiger partial charge in [-0.05, 0) is 73.2 Å². The summed E-state index contributed by atoms with van der Waals surface area (Å²) < 4.78 is 5.05. The second-order valence-electron chi connectivity index (χ2n) is 6.46. The molecular weight excluding hydrogens is 312 g/mol. The molecule has 132 valence electrons. The van der Waals surface area contributed by atoms with E-state index in [0.29, 0.717) is 11.1 Å². The van der Waals surface area contributed by atoms with Gasteiger partial charge in [-0.3, -0.25) is 0 Å². The van der Waals surface area contributed by atoms with Crippen molar-refractivity contribution < 1.29 is 14.3 Å². The zero-order chi connectivity index (χ0) is 18.4. The van der Waals surface area contributed by atoms with Crippen LogP contribution in [-0.4, -0.2) is 11.9 Å². The van der Waals surface area contributed by atoms with E-state index in [-0.39, 0.29) is 0 Å². The van der Waals surface area contributed by atoms with Gasteiger partial charge in [-0.2, -0.15) is 0 Å². The lowest BCUT2D eigenvalue weighted by Gasteiger charge is -2.09. The standard InChI is InChI=1S/C22H26O3/c1-5-7-17-9-11-19(13-15(17)3)21(23)25-22(24)20-12-10-18(8-6-2)16(4)14-20/h9-14H,5-8H2,1-4H3. The largest absolute Gasteiger partial charge is 0.386 e. The maximum absolute atomic E-state index is 12.3. The summed E-state index contributed by atoms with van der Waals surface area (Å²) in [5, 5.41) is 0. The molecule has 0 amide bonds. The van der Waals surface area contributed by atoms with E-state index in [1.807, 2.05) is 26.0 Å². The van der Waals surface area contributed by atoms with Crippen molar-refractivity contribution in [2.75, 3.05) is 0 Å². The van der Waals surface area contributed by atoms with Crippen LogP contribution in [0.15, 0.2) is 36.4 Å². The zero-order valence-corrected chi connectivity index (χ0v) is 15.5. The molecule has 0 N–H and O–H groups in total. The summed E-state index contributed by atoms with van der Waals surface area (Å²) in [5.41, 5.74) is 5.34. The molecule has 2 aromatic rings. The van der Waals surface area contributed by atoms with E-state index in [2.05, 4.69) is 13.8 Å². The first-order valence-corrected chi connectivity index (χ1v) is 8.91. The van der Waals surface area contributed by atoms with Crippen LogP contribution in [0.1, 0.15) is 69.7 Å². The highest BCUT2D eigenvalue weighted by molar-refractivity contribution is 6.02. The summed E-state index contributed by atoms with van der Waals surface area (Å²) in [7, 11) is 0. The number of esters is 2. The Morgan fingerprint density at radius 1 is 0.760 bits per heavy atom. The highest BCUT2D eigenvalue weighted by Gasteiger charge is 2.16. The molecule has 2 rings (SSSR count). The van der Waals surface area contributed by atoms with Crippen LogP contribution in [0, 0.1) is 13.8 Å². The Hall–Kier alpha value is -2.42. The van der Waals surface area contributed by atoms with Crippen LogP contribution in [0.25, 0.3) is 0 Å². The fourth-order valence-corrected chi connectivity index (χ4v) is 2.95. The topological polar surface area (TPSA) is 43.4 Å². The summed E-state index contributed by atoms with van der Waals surface area (Å²) in [5.74, 6) is -1.21. The van der Waals surface area contributed by atoms with Crippen molar-refractivity contribution in [3.05, 3.63) is 69.8 Å². The van der Waals surface area contributed by atoms with Gasteiger partial charge in [-0.15, -0.1) is 0 Å². The van der Waals surface area contributed by atoms with E-state index < -0.39 is 11.9 Å². The minimum absolute atomic E-state index is 0.407. The normalized spacial score (nSPS) is 10.6. The number of benzene rings is 2. The van der Waals surface area contributed by atoms with Gasteiger partial charge in [0.2, 0.25) is 0 Å². The number of carbonyl (C=O) groups excluding carboxylic acids is 2. The van der Waals surface area contributed by atoms with Gasteiger partial charge in [0.15, 0.2) is 0 Å². The Balaban J connectivity index is 2.11. The molecule has 0 heterocycles. The van der Waals surface area contributed by atoms with Crippen molar-refractivity contribution in [3.63, 3.8) is 0 Å². The van der Waals surface area contributed by atoms with Crippen LogP contribution in [-0.2, 0) is 17.6 Å². The number of rotatable bonds is 6. The molecule has 3 nitrogen and oxygen atoms in total. The van der Waals surface area contributed by atoms with E-state index >= 15 is 0 Å². The molecule has 0 saturated heterocycles. The lowest BCUT2D eigenvalue weighted by molar-refractivity contribution is 0.0397.